The van der Waals surface area contributed by atoms with Gasteiger partial charge in [-0.25, -0.2) is 4.68 Å². The Labute approximate surface area is 197 Å². The molecule has 1 aromatic heterocycles. The van der Waals surface area contributed by atoms with Crippen LogP contribution in [0.25, 0.3) is 34.3 Å². The van der Waals surface area contributed by atoms with Crippen molar-refractivity contribution in [2.75, 3.05) is 0 Å². The smallest absolute Gasteiger partial charge is 0.153 e. The predicted octanol–water partition coefficient (Wildman–Crippen LogP) is 5.37. The summed E-state index contributed by atoms with van der Waals surface area (Å²) in [6.07, 6.45) is 1.55. The molecule has 0 bridgehead atoms. The lowest BCUT2D eigenvalue weighted by Gasteiger charge is -2.08. The summed E-state index contributed by atoms with van der Waals surface area (Å²) >= 11 is 0. The van der Waals surface area contributed by atoms with Gasteiger partial charge >= 0.3 is 0 Å². The Morgan fingerprint density at radius 1 is 0.765 bits per heavy atom. The fourth-order valence-electron chi connectivity index (χ4n) is 3.47. The number of allylic oxidation sites excluding steroid dienone is 2. The second kappa shape index (κ2) is 9.83. The first kappa shape index (κ1) is 21.8. The first-order valence-electron chi connectivity index (χ1n) is 10.4. The molecule has 0 aliphatic carbocycles. The lowest BCUT2D eigenvalue weighted by Crippen LogP contribution is -2.03. The maximum Gasteiger partial charge on any atom is 0.153 e. The van der Waals surface area contributed by atoms with Gasteiger partial charge in [0.1, 0.15) is 18.2 Å². The minimum Gasteiger partial charge on any atom is -0.396 e. The first-order chi connectivity index (χ1) is 16.6. The summed E-state index contributed by atoms with van der Waals surface area (Å²) in [5.74, 6) is 0. The average Bonchev–Trinajstić information content (AvgIpc) is 3.35. The number of nitrogens with zero attached hydrogens (tertiary/aromatic N) is 5. The zero-order chi connectivity index (χ0) is 23.9. The van der Waals surface area contributed by atoms with Crippen LogP contribution in [0, 0.1) is 34.0 Å². The number of nitrogens with two attached hydrogens (primary N) is 1. The molecule has 1 heterocycles. The van der Waals surface area contributed by atoms with Gasteiger partial charge in [0.15, 0.2) is 5.57 Å². The molecule has 0 atom stereocenters. The Morgan fingerprint density at radius 2 is 1.35 bits per heavy atom. The zero-order valence-electron chi connectivity index (χ0n) is 18.1. The molecule has 2 N–H and O–H groups in total. The number of rotatable bonds is 5. The van der Waals surface area contributed by atoms with Crippen molar-refractivity contribution < 1.29 is 0 Å². The summed E-state index contributed by atoms with van der Waals surface area (Å²) in [5, 5.41) is 32.3. The van der Waals surface area contributed by atoms with Gasteiger partial charge in [-0.15, -0.1) is 0 Å². The van der Waals surface area contributed by atoms with Crippen molar-refractivity contribution in [3.05, 3.63) is 113 Å². The van der Waals surface area contributed by atoms with Crippen molar-refractivity contribution >= 4 is 6.08 Å². The molecule has 160 valence electrons. The second-order valence-corrected chi connectivity index (χ2v) is 7.33. The van der Waals surface area contributed by atoms with Gasteiger partial charge in [0.2, 0.25) is 0 Å². The topological polar surface area (TPSA) is 115 Å². The van der Waals surface area contributed by atoms with Crippen LogP contribution in [0.4, 0.5) is 0 Å². The lowest BCUT2D eigenvalue weighted by molar-refractivity contribution is 0.892. The third kappa shape index (κ3) is 4.46. The van der Waals surface area contributed by atoms with E-state index < -0.39 is 0 Å². The van der Waals surface area contributed by atoms with Gasteiger partial charge in [-0.3, -0.25) is 0 Å². The van der Waals surface area contributed by atoms with E-state index in [1.54, 1.807) is 18.2 Å². The van der Waals surface area contributed by atoms with Crippen LogP contribution in [0.2, 0.25) is 0 Å². The number of hydrogen-bond acceptors (Lipinski definition) is 5. The maximum absolute atomic E-state index is 9.44. The van der Waals surface area contributed by atoms with Crippen LogP contribution in [0.1, 0.15) is 5.56 Å². The van der Waals surface area contributed by atoms with Gasteiger partial charge in [-0.2, -0.15) is 20.9 Å². The number of benzene rings is 3. The summed E-state index contributed by atoms with van der Waals surface area (Å²) in [6.45, 7) is 0. The normalized spacial score (nSPS) is 10.6. The van der Waals surface area contributed by atoms with E-state index >= 15 is 0 Å². The van der Waals surface area contributed by atoms with Crippen LogP contribution < -0.4 is 5.73 Å². The van der Waals surface area contributed by atoms with Crippen molar-refractivity contribution in [3.8, 4) is 46.4 Å². The number of nitriles is 3. The summed E-state index contributed by atoms with van der Waals surface area (Å²) in [5.41, 5.74) is 10.9. The van der Waals surface area contributed by atoms with Gasteiger partial charge in [0.05, 0.1) is 28.3 Å². The van der Waals surface area contributed by atoms with E-state index in [1.807, 2.05) is 95.7 Å². The third-order valence-corrected chi connectivity index (χ3v) is 5.20. The van der Waals surface area contributed by atoms with E-state index in [4.69, 9.17) is 21.4 Å². The minimum absolute atomic E-state index is 0.0567. The summed E-state index contributed by atoms with van der Waals surface area (Å²) in [4.78, 5) is 0. The Kier molecular flexibility index (Phi) is 6.31. The number of aromatic nitrogens is 2. The van der Waals surface area contributed by atoms with E-state index in [1.165, 1.54) is 0 Å². The molecular weight excluding hydrogens is 420 g/mol. The fraction of sp³-hybridized carbons (Fsp3) is 0. The summed E-state index contributed by atoms with van der Waals surface area (Å²) < 4.78 is 1.88. The van der Waals surface area contributed by atoms with Crippen LogP contribution in [-0.2, 0) is 0 Å². The van der Waals surface area contributed by atoms with E-state index in [0.29, 0.717) is 5.56 Å². The molecule has 0 fully saturated rings. The van der Waals surface area contributed by atoms with E-state index in [0.717, 1.165) is 28.2 Å². The van der Waals surface area contributed by atoms with Crippen molar-refractivity contribution in [2.45, 2.75) is 0 Å². The molecule has 0 amide bonds. The highest BCUT2D eigenvalue weighted by Crippen LogP contribution is 2.29. The fourth-order valence-corrected chi connectivity index (χ4v) is 3.47. The molecule has 4 rings (SSSR count). The Bertz CT molecular complexity index is 1490. The van der Waals surface area contributed by atoms with Crippen LogP contribution in [0.3, 0.4) is 0 Å². The van der Waals surface area contributed by atoms with Gasteiger partial charge in [-0.05, 0) is 29.8 Å². The molecule has 34 heavy (non-hydrogen) atoms. The molecule has 0 unspecified atom stereocenters. The molecule has 4 aromatic rings. The summed E-state index contributed by atoms with van der Waals surface area (Å²) in [6, 6.07) is 34.9. The van der Waals surface area contributed by atoms with Crippen molar-refractivity contribution in [1.82, 2.24) is 9.78 Å². The predicted molar refractivity (Wildman–Crippen MR) is 130 cm³/mol. The lowest BCUT2D eigenvalue weighted by atomic mass is 10.1. The molecule has 6 nitrogen and oxygen atoms in total. The van der Waals surface area contributed by atoms with Crippen molar-refractivity contribution in [1.29, 1.82) is 15.8 Å². The van der Waals surface area contributed by atoms with Crippen molar-refractivity contribution in [3.63, 3.8) is 0 Å². The highest BCUT2D eigenvalue weighted by atomic mass is 15.3. The van der Waals surface area contributed by atoms with E-state index in [2.05, 4.69) is 6.07 Å². The monoisotopic (exact) mass is 438 g/mol. The van der Waals surface area contributed by atoms with E-state index in [-0.39, 0.29) is 16.8 Å². The molecule has 0 saturated carbocycles. The first-order valence-corrected chi connectivity index (χ1v) is 10.4. The minimum atomic E-state index is -0.290. The van der Waals surface area contributed by atoms with Gasteiger partial charge < -0.3 is 5.73 Å². The van der Waals surface area contributed by atoms with Crippen LogP contribution in [0.5, 0.6) is 0 Å². The zero-order valence-corrected chi connectivity index (χ0v) is 18.1. The molecule has 0 aliphatic heterocycles. The molecule has 0 aliphatic rings. The third-order valence-electron chi connectivity index (χ3n) is 5.20. The standard InChI is InChI=1S/C28H18N6/c29-17-23(28(32)24(18-30)19-31)15-20-11-13-25(14-12-20)34-27(22-9-5-2-6-10-22)16-26(33-34)21-7-3-1-4-8-21/h1-16H,32H2/b23-15+. The van der Waals surface area contributed by atoms with Gasteiger partial charge in [0.25, 0.3) is 0 Å². The molecular formula is C28H18N6. The molecule has 0 radical (unpaired) electrons. The quantitative estimate of drug-likeness (QED) is 0.332. The van der Waals surface area contributed by atoms with Crippen LogP contribution in [0.15, 0.2) is 108 Å². The number of hydrogen-bond donors (Lipinski definition) is 1. The highest BCUT2D eigenvalue weighted by Gasteiger charge is 2.13. The van der Waals surface area contributed by atoms with Gasteiger partial charge in [0, 0.05) is 11.1 Å². The second-order valence-electron chi connectivity index (χ2n) is 7.33. The van der Waals surface area contributed by atoms with E-state index in [9.17, 15) is 5.26 Å². The molecule has 6 heteroatoms. The average molecular weight is 438 g/mol. The molecule has 3 aromatic carbocycles. The SMILES string of the molecule is N#CC(C#N)=C(N)/C(C#N)=C/c1ccc(-n2nc(-c3ccccc3)cc2-c2ccccc2)cc1. The Balaban J connectivity index is 1.77. The van der Waals surface area contributed by atoms with Crippen LogP contribution >= 0.6 is 0 Å². The summed E-state index contributed by atoms with van der Waals surface area (Å²) in [7, 11) is 0. The maximum atomic E-state index is 9.44. The molecule has 0 saturated heterocycles. The van der Waals surface area contributed by atoms with Crippen molar-refractivity contribution in [2.24, 2.45) is 5.73 Å². The van der Waals surface area contributed by atoms with Crippen LogP contribution in [-0.4, -0.2) is 9.78 Å². The largest absolute Gasteiger partial charge is 0.396 e. The van der Waals surface area contributed by atoms with Gasteiger partial charge in [-0.1, -0.05) is 72.8 Å². The Hall–Kier alpha value is -5.38. The molecule has 0 spiro atoms. The Morgan fingerprint density at radius 3 is 1.91 bits per heavy atom. The highest BCUT2D eigenvalue weighted by molar-refractivity contribution is 5.71.